The highest BCUT2D eigenvalue weighted by atomic mass is 79.9. The average Bonchev–Trinajstić information content (AvgIpc) is 2.14. The van der Waals surface area contributed by atoms with Crippen LogP contribution in [0.1, 0.15) is 13.3 Å². The van der Waals surface area contributed by atoms with Gasteiger partial charge in [0, 0.05) is 17.6 Å². The van der Waals surface area contributed by atoms with Crippen LogP contribution < -0.4 is 10.6 Å². The molecule has 1 saturated heterocycles. The predicted molar refractivity (Wildman–Crippen MR) is 61.2 cm³/mol. The number of piperidine rings is 1. The summed E-state index contributed by atoms with van der Waals surface area (Å²) in [5.41, 5.74) is 0. The molecule has 1 rings (SSSR count). The lowest BCUT2D eigenvalue weighted by atomic mass is 9.91. The fourth-order valence-electron chi connectivity index (χ4n) is 1.68. The van der Waals surface area contributed by atoms with Gasteiger partial charge in [-0.05, 0) is 18.9 Å². The summed E-state index contributed by atoms with van der Waals surface area (Å²) in [6, 6.07) is 0. The van der Waals surface area contributed by atoms with E-state index < -0.39 is 0 Å². The monoisotopic (exact) mass is 260 g/mol. The van der Waals surface area contributed by atoms with Crippen LogP contribution in [0.2, 0.25) is 0 Å². The molecule has 3 nitrogen and oxygen atoms in total. The van der Waals surface area contributed by atoms with E-state index in [1.54, 1.807) is 0 Å². The van der Waals surface area contributed by atoms with E-state index in [1.807, 2.05) is 0 Å². The molecule has 0 saturated carbocycles. The highest BCUT2D eigenvalue weighted by molar-refractivity contribution is 9.11. The molecule has 1 amide bonds. The molecule has 1 aliphatic heterocycles. The molecular formula is C10H17BrN2O. The van der Waals surface area contributed by atoms with E-state index >= 15 is 0 Å². The van der Waals surface area contributed by atoms with Crippen LogP contribution in [-0.2, 0) is 4.79 Å². The van der Waals surface area contributed by atoms with Gasteiger partial charge in [-0.1, -0.05) is 29.4 Å². The second-order valence-corrected chi connectivity index (χ2v) is 5.05. The number of hydrogen-bond acceptors (Lipinski definition) is 2. The van der Waals surface area contributed by atoms with Crippen molar-refractivity contribution in [2.24, 2.45) is 11.8 Å². The van der Waals surface area contributed by atoms with Gasteiger partial charge < -0.3 is 10.6 Å². The summed E-state index contributed by atoms with van der Waals surface area (Å²) >= 11 is 3.21. The summed E-state index contributed by atoms with van der Waals surface area (Å²) < 4.78 is 0.808. The molecule has 0 aromatic heterocycles. The smallest absolute Gasteiger partial charge is 0.224 e. The molecular weight excluding hydrogens is 244 g/mol. The number of nitrogens with one attached hydrogen (secondary N) is 2. The van der Waals surface area contributed by atoms with E-state index in [1.165, 1.54) is 0 Å². The van der Waals surface area contributed by atoms with Crippen molar-refractivity contribution in [1.82, 2.24) is 10.6 Å². The lowest BCUT2D eigenvalue weighted by Crippen LogP contribution is -2.43. The summed E-state index contributed by atoms with van der Waals surface area (Å²) in [5, 5.41) is 6.11. The van der Waals surface area contributed by atoms with E-state index in [2.05, 4.69) is 40.1 Å². The largest absolute Gasteiger partial charge is 0.351 e. The molecule has 2 N–H and O–H groups in total. The quantitative estimate of drug-likeness (QED) is 0.803. The van der Waals surface area contributed by atoms with Gasteiger partial charge in [-0.25, -0.2) is 0 Å². The molecule has 0 aromatic rings. The molecule has 1 heterocycles. The fraction of sp³-hybridized carbons (Fsp3) is 0.700. The Labute approximate surface area is 93.5 Å². The zero-order valence-corrected chi connectivity index (χ0v) is 10.1. The van der Waals surface area contributed by atoms with E-state index in [4.69, 9.17) is 0 Å². The van der Waals surface area contributed by atoms with Gasteiger partial charge >= 0.3 is 0 Å². The SMILES string of the molecule is C=C(Br)CNC(=O)C1CNCC(C)C1. The van der Waals surface area contributed by atoms with Gasteiger partial charge in [0.25, 0.3) is 0 Å². The Morgan fingerprint density at radius 3 is 2.93 bits per heavy atom. The molecule has 0 aromatic carbocycles. The molecule has 0 bridgehead atoms. The maximum atomic E-state index is 11.6. The van der Waals surface area contributed by atoms with Crippen molar-refractivity contribution < 1.29 is 4.79 Å². The Kier molecular flexibility index (Phi) is 4.62. The Morgan fingerprint density at radius 1 is 1.64 bits per heavy atom. The van der Waals surface area contributed by atoms with E-state index in [-0.39, 0.29) is 11.8 Å². The lowest BCUT2D eigenvalue weighted by Gasteiger charge is -2.26. The first kappa shape index (κ1) is 11.7. The molecule has 0 aliphatic carbocycles. The third-order valence-corrected chi connectivity index (χ3v) is 2.68. The van der Waals surface area contributed by atoms with Crippen LogP contribution in [0.3, 0.4) is 0 Å². The Morgan fingerprint density at radius 2 is 2.36 bits per heavy atom. The second-order valence-electron chi connectivity index (χ2n) is 3.93. The number of rotatable bonds is 3. The van der Waals surface area contributed by atoms with Gasteiger partial charge in [0.15, 0.2) is 0 Å². The van der Waals surface area contributed by atoms with Gasteiger partial charge in [0.05, 0.1) is 5.92 Å². The molecule has 4 heteroatoms. The molecule has 14 heavy (non-hydrogen) atoms. The van der Waals surface area contributed by atoms with Gasteiger partial charge in [-0.15, -0.1) is 0 Å². The van der Waals surface area contributed by atoms with Gasteiger partial charge in [0.2, 0.25) is 5.91 Å². The van der Waals surface area contributed by atoms with E-state index in [0.29, 0.717) is 12.5 Å². The van der Waals surface area contributed by atoms with Gasteiger partial charge in [0.1, 0.15) is 0 Å². The van der Waals surface area contributed by atoms with Crippen molar-refractivity contribution >= 4 is 21.8 Å². The zero-order chi connectivity index (χ0) is 10.6. The van der Waals surface area contributed by atoms with Crippen molar-refractivity contribution in [2.45, 2.75) is 13.3 Å². The number of amides is 1. The van der Waals surface area contributed by atoms with E-state index in [0.717, 1.165) is 24.0 Å². The number of halogens is 1. The topological polar surface area (TPSA) is 41.1 Å². The van der Waals surface area contributed by atoms with Gasteiger partial charge in [-0.3, -0.25) is 4.79 Å². The van der Waals surface area contributed by atoms with Crippen molar-refractivity contribution in [2.75, 3.05) is 19.6 Å². The third kappa shape index (κ3) is 3.80. The number of carbonyl (C=O) groups excluding carboxylic acids is 1. The molecule has 1 aliphatic rings. The highest BCUT2D eigenvalue weighted by Gasteiger charge is 2.24. The van der Waals surface area contributed by atoms with Gasteiger partial charge in [-0.2, -0.15) is 0 Å². The highest BCUT2D eigenvalue weighted by Crippen LogP contribution is 2.15. The van der Waals surface area contributed by atoms with Crippen molar-refractivity contribution in [3.63, 3.8) is 0 Å². The van der Waals surface area contributed by atoms with Crippen LogP contribution in [-0.4, -0.2) is 25.5 Å². The van der Waals surface area contributed by atoms with E-state index in [9.17, 15) is 4.79 Å². The van der Waals surface area contributed by atoms with Crippen LogP contribution >= 0.6 is 15.9 Å². The Hall–Kier alpha value is -0.350. The van der Waals surface area contributed by atoms with Crippen LogP contribution in [0.5, 0.6) is 0 Å². The summed E-state index contributed by atoms with van der Waals surface area (Å²) in [7, 11) is 0. The van der Waals surface area contributed by atoms with Crippen molar-refractivity contribution in [1.29, 1.82) is 0 Å². The van der Waals surface area contributed by atoms with Crippen LogP contribution in [0.4, 0.5) is 0 Å². The summed E-state index contributed by atoms with van der Waals surface area (Å²) in [6.07, 6.45) is 0.980. The summed E-state index contributed by atoms with van der Waals surface area (Å²) in [4.78, 5) is 11.6. The molecule has 2 unspecified atom stereocenters. The molecule has 0 radical (unpaired) electrons. The number of hydrogen-bond donors (Lipinski definition) is 2. The molecule has 80 valence electrons. The normalized spacial score (nSPS) is 27.0. The summed E-state index contributed by atoms with van der Waals surface area (Å²) in [6.45, 7) is 8.17. The molecule has 2 atom stereocenters. The lowest BCUT2D eigenvalue weighted by molar-refractivity contribution is -0.125. The predicted octanol–water partition coefficient (Wildman–Crippen LogP) is 1.26. The zero-order valence-electron chi connectivity index (χ0n) is 8.48. The first-order valence-electron chi connectivity index (χ1n) is 4.91. The molecule has 1 fully saturated rings. The minimum absolute atomic E-state index is 0.116. The standard InChI is InChI=1S/C10H17BrN2O/c1-7-3-9(6-12-4-7)10(14)13-5-8(2)11/h7,9,12H,2-6H2,1H3,(H,13,14). The first-order chi connectivity index (χ1) is 6.59. The number of carbonyl (C=O) groups is 1. The Bertz CT molecular complexity index is 230. The van der Waals surface area contributed by atoms with Crippen molar-refractivity contribution in [3.8, 4) is 0 Å². The Balaban J connectivity index is 2.32. The maximum absolute atomic E-state index is 11.6. The first-order valence-corrected chi connectivity index (χ1v) is 5.70. The minimum Gasteiger partial charge on any atom is -0.351 e. The minimum atomic E-state index is 0.116. The second kappa shape index (κ2) is 5.51. The van der Waals surface area contributed by atoms with Crippen LogP contribution in [0.15, 0.2) is 11.1 Å². The van der Waals surface area contributed by atoms with Crippen LogP contribution in [0, 0.1) is 11.8 Å². The van der Waals surface area contributed by atoms with Crippen LogP contribution in [0.25, 0.3) is 0 Å². The molecule has 0 spiro atoms. The maximum Gasteiger partial charge on any atom is 0.224 e. The van der Waals surface area contributed by atoms with Crippen molar-refractivity contribution in [3.05, 3.63) is 11.1 Å². The third-order valence-electron chi connectivity index (χ3n) is 2.40. The average molecular weight is 261 g/mol. The summed E-state index contributed by atoms with van der Waals surface area (Å²) in [5.74, 6) is 0.835. The fourth-order valence-corrected chi connectivity index (χ4v) is 1.82.